The molecule has 0 aromatic heterocycles. The van der Waals surface area contributed by atoms with Crippen molar-refractivity contribution in [1.29, 1.82) is 0 Å². The molecule has 0 aliphatic rings. The molecular formula is C14H16F4O3. The van der Waals surface area contributed by atoms with Gasteiger partial charge in [0.2, 0.25) is 0 Å². The number of benzene rings is 1. The molecule has 0 radical (unpaired) electrons. The van der Waals surface area contributed by atoms with Crippen LogP contribution in [0.1, 0.15) is 43.4 Å². The van der Waals surface area contributed by atoms with E-state index in [1.54, 1.807) is 6.92 Å². The summed E-state index contributed by atoms with van der Waals surface area (Å²) in [4.78, 5) is 11.3. The summed E-state index contributed by atoms with van der Waals surface area (Å²) in [6.07, 6.45) is -6.10. The van der Waals surface area contributed by atoms with Crippen molar-refractivity contribution in [2.45, 2.75) is 38.5 Å². The Kier molecular flexibility index (Phi) is 6.14. The van der Waals surface area contributed by atoms with Crippen molar-refractivity contribution in [2.24, 2.45) is 0 Å². The van der Waals surface area contributed by atoms with E-state index in [1.807, 2.05) is 0 Å². The van der Waals surface area contributed by atoms with Gasteiger partial charge in [-0.05, 0) is 30.5 Å². The Hall–Kier alpha value is -1.63. The Balaban J connectivity index is 2.78. The van der Waals surface area contributed by atoms with E-state index in [2.05, 4.69) is 0 Å². The molecule has 118 valence electrons. The van der Waals surface area contributed by atoms with Crippen LogP contribution in [0.4, 0.5) is 17.6 Å². The van der Waals surface area contributed by atoms with Crippen LogP contribution in [-0.4, -0.2) is 17.7 Å². The van der Waals surface area contributed by atoms with Gasteiger partial charge in [-0.2, -0.15) is 13.2 Å². The lowest BCUT2D eigenvalue weighted by Gasteiger charge is -2.17. The molecule has 1 aromatic carbocycles. The highest BCUT2D eigenvalue weighted by atomic mass is 19.4. The Labute approximate surface area is 119 Å². The lowest BCUT2D eigenvalue weighted by atomic mass is 9.98. The molecule has 0 bridgehead atoms. The standard InChI is InChI=1S/C14H16F4O3/c1-2-7-21-13(20)6-5-12(19)10-4-3-9(15)8-11(10)14(16,17)18/h3-4,8,12,19H,2,5-7H2,1H3. The number of esters is 1. The van der Waals surface area contributed by atoms with Gasteiger partial charge < -0.3 is 9.84 Å². The summed E-state index contributed by atoms with van der Waals surface area (Å²) in [5.74, 6) is -1.63. The summed E-state index contributed by atoms with van der Waals surface area (Å²) in [7, 11) is 0. The van der Waals surface area contributed by atoms with Crippen molar-refractivity contribution in [3.05, 3.63) is 35.1 Å². The Morgan fingerprint density at radius 1 is 1.38 bits per heavy atom. The van der Waals surface area contributed by atoms with Crippen LogP contribution in [0.25, 0.3) is 0 Å². The molecule has 1 N–H and O–H groups in total. The van der Waals surface area contributed by atoms with Gasteiger partial charge in [0.25, 0.3) is 0 Å². The minimum atomic E-state index is -4.78. The highest BCUT2D eigenvalue weighted by Gasteiger charge is 2.35. The number of ether oxygens (including phenoxy) is 1. The number of carbonyl (C=O) groups excluding carboxylic acids is 1. The fourth-order valence-electron chi connectivity index (χ4n) is 1.76. The fraction of sp³-hybridized carbons (Fsp3) is 0.500. The zero-order valence-corrected chi connectivity index (χ0v) is 11.4. The SMILES string of the molecule is CCCOC(=O)CCC(O)c1ccc(F)cc1C(F)(F)F. The van der Waals surface area contributed by atoms with E-state index in [0.29, 0.717) is 12.5 Å². The van der Waals surface area contributed by atoms with Gasteiger partial charge in [-0.25, -0.2) is 4.39 Å². The van der Waals surface area contributed by atoms with Crippen molar-refractivity contribution in [3.63, 3.8) is 0 Å². The molecule has 1 atom stereocenters. The maximum absolute atomic E-state index is 12.9. The van der Waals surface area contributed by atoms with Crippen LogP contribution in [0.2, 0.25) is 0 Å². The van der Waals surface area contributed by atoms with Crippen LogP contribution in [-0.2, 0) is 15.7 Å². The average molecular weight is 308 g/mol. The van der Waals surface area contributed by atoms with Gasteiger partial charge in [0.1, 0.15) is 5.82 Å². The van der Waals surface area contributed by atoms with Crippen LogP contribution in [0.15, 0.2) is 18.2 Å². The maximum Gasteiger partial charge on any atom is 0.416 e. The fourth-order valence-corrected chi connectivity index (χ4v) is 1.76. The minimum Gasteiger partial charge on any atom is -0.466 e. The molecule has 7 heteroatoms. The third kappa shape index (κ3) is 5.34. The van der Waals surface area contributed by atoms with E-state index in [1.165, 1.54) is 0 Å². The van der Waals surface area contributed by atoms with Crippen molar-refractivity contribution in [3.8, 4) is 0 Å². The monoisotopic (exact) mass is 308 g/mol. The maximum atomic E-state index is 12.9. The highest BCUT2D eigenvalue weighted by Crippen LogP contribution is 2.36. The Morgan fingerprint density at radius 3 is 2.62 bits per heavy atom. The molecule has 3 nitrogen and oxygen atoms in total. The van der Waals surface area contributed by atoms with E-state index in [-0.39, 0.29) is 19.4 Å². The lowest BCUT2D eigenvalue weighted by molar-refractivity contribution is -0.144. The van der Waals surface area contributed by atoms with Gasteiger partial charge >= 0.3 is 12.1 Å². The average Bonchev–Trinajstić information content (AvgIpc) is 2.41. The molecule has 0 aliphatic carbocycles. The predicted molar refractivity (Wildman–Crippen MR) is 66.8 cm³/mol. The number of aliphatic hydroxyl groups is 1. The second-order valence-corrected chi connectivity index (χ2v) is 4.50. The number of rotatable bonds is 6. The van der Waals surface area contributed by atoms with E-state index >= 15 is 0 Å². The normalized spacial score (nSPS) is 13.0. The molecule has 0 saturated heterocycles. The topological polar surface area (TPSA) is 46.5 Å². The molecule has 0 amide bonds. The summed E-state index contributed by atoms with van der Waals surface area (Å²) in [5.41, 5.74) is -1.69. The molecule has 21 heavy (non-hydrogen) atoms. The molecule has 0 saturated carbocycles. The third-order valence-electron chi connectivity index (χ3n) is 2.77. The number of hydrogen-bond acceptors (Lipinski definition) is 3. The van der Waals surface area contributed by atoms with Crippen LogP contribution < -0.4 is 0 Å². The second kappa shape index (κ2) is 7.40. The quantitative estimate of drug-likeness (QED) is 0.645. The van der Waals surface area contributed by atoms with E-state index in [0.717, 1.165) is 12.1 Å². The van der Waals surface area contributed by atoms with Crippen LogP contribution >= 0.6 is 0 Å². The zero-order valence-electron chi connectivity index (χ0n) is 11.4. The number of aliphatic hydroxyl groups excluding tert-OH is 1. The summed E-state index contributed by atoms with van der Waals surface area (Å²) in [6.45, 7) is 2.02. The van der Waals surface area contributed by atoms with Gasteiger partial charge in [0.15, 0.2) is 0 Å². The molecule has 1 aromatic rings. The van der Waals surface area contributed by atoms with Crippen LogP contribution in [0.5, 0.6) is 0 Å². The van der Waals surface area contributed by atoms with Crippen molar-refractivity contribution < 1.29 is 32.2 Å². The van der Waals surface area contributed by atoms with E-state index in [4.69, 9.17) is 4.74 Å². The van der Waals surface area contributed by atoms with Gasteiger partial charge in [0.05, 0.1) is 18.3 Å². The highest BCUT2D eigenvalue weighted by molar-refractivity contribution is 5.69. The van der Waals surface area contributed by atoms with E-state index < -0.39 is 35.2 Å². The third-order valence-corrected chi connectivity index (χ3v) is 2.77. The minimum absolute atomic E-state index is 0.212. The second-order valence-electron chi connectivity index (χ2n) is 4.50. The van der Waals surface area contributed by atoms with Gasteiger partial charge in [-0.3, -0.25) is 4.79 Å². The molecular weight excluding hydrogens is 292 g/mol. The largest absolute Gasteiger partial charge is 0.466 e. The molecule has 0 fully saturated rings. The zero-order chi connectivity index (χ0) is 16.0. The van der Waals surface area contributed by atoms with Crippen LogP contribution in [0, 0.1) is 5.82 Å². The van der Waals surface area contributed by atoms with Crippen molar-refractivity contribution in [1.82, 2.24) is 0 Å². The predicted octanol–water partition coefficient (Wildman–Crippen LogP) is 3.61. The first-order valence-electron chi connectivity index (χ1n) is 6.46. The van der Waals surface area contributed by atoms with Gasteiger partial charge in [-0.1, -0.05) is 13.0 Å². The van der Waals surface area contributed by atoms with Crippen molar-refractivity contribution in [2.75, 3.05) is 6.61 Å². The Bertz CT molecular complexity index is 486. The Morgan fingerprint density at radius 2 is 2.05 bits per heavy atom. The van der Waals surface area contributed by atoms with Gasteiger partial charge in [-0.15, -0.1) is 0 Å². The smallest absolute Gasteiger partial charge is 0.416 e. The number of halogens is 4. The molecule has 0 aliphatic heterocycles. The molecule has 1 unspecified atom stereocenters. The number of alkyl halides is 3. The summed E-state index contributed by atoms with van der Waals surface area (Å²) >= 11 is 0. The van der Waals surface area contributed by atoms with E-state index in [9.17, 15) is 27.5 Å². The first-order chi connectivity index (χ1) is 9.75. The lowest BCUT2D eigenvalue weighted by Crippen LogP contribution is -2.14. The number of carbonyl (C=O) groups is 1. The van der Waals surface area contributed by atoms with Crippen molar-refractivity contribution >= 4 is 5.97 Å². The van der Waals surface area contributed by atoms with Crippen LogP contribution in [0.3, 0.4) is 0 Å². The first-order valence-corrected chi connectivity index (χ1v) is 6.46. The molecule has 1 rings (SSSR count). The summed E-state index contributed by atoms with van der Waals surface area (Å²) < 4.78 is 56.1. The summed E-state index contributed by atoms with van der Waals surface area (Å²) in [6, 6.07) is 2.04. The first kappa shape index (κ1) is 17.4. The number of hydrogen-bond donors (Lipinski definition) is 1. The molecule has 0 heterocycles. The van der Waals surface area contributed by atoms with Gasteiger partial charge in [0, 0.05) is 6.42 Å². The summed E-state index contributed by atoms with van der Waals surface area (Å²) in [5, 5.41) is 9.80. The molecule has 0 spiro atoms.